The lowest BCUT2D eigenvalue weighted by atomic mass is 9.80. The van der Waals surface area contributed by atoms with Crippen LogP contribution in [0.2, 0.25) is 10.0 Å². The number of furan rings is 1. The molecule has 2 atom stereocenters. The second-order valence-corrected chi connectivity index (χ2v) is 10.1. The number of Topliss-reactive ketones (excluding diaryl/α,β-unsaturated/α-hetero) is 1. The summed E-state index contributed by atoms with van der Waals surface area (Å²) in [6.07, 6.45) is 2.50. The summed E-state index contributed by atoms with van der Waals surface area (Å²) in [6.45, 7) is 0. The van der Waals surface area contributed by atoms with Crippen LogP contribution in [0.5, 0.6) is 0 Å². The van der Waals surface area contributed by atoms with Gasteiger partial charge in [0, 0.05) is 39.2 Å². The highest BCUT2D eigenvalue weighted by Crippen LogP contribution is 2.48. The van der Waals surface area contributed by atoms with Gasteiger partial charge in [0.15, 0.2) is 5.78 Å². The van der Waals surface area contributed by atoms with Gasteiger partial charge in [0.25, 0.3) is 5.91 Å². The van der Waals surface area contributed by atoms with Gasteiger partial charge in [-0.2, -0.15) is 0 Å². The lowest BCUT2D eigenvalue weighted by molar-refractivity contribution is -0.116. The lowest BCUT2D eigenvalue weighted by Gasteiger charge is -2.35. The fraction of sp³-hybridized carbons (Fsp3) is 0.133. The van der Waals surface area contributed by atoms with Crippen molar-refractivity contribution in [1.82, 2.24) is 0 Å². The molecule has 0 bridgehead atoms. The van der Waals surface area contributed by atoms with Gasteiger partial charge in [-0.25, -0.2) is 0 Å². The number of nitrogens with zero attached hydrogens (tertiary/aromatic N) is 1. The summed E-state index contributed by atoms with van der Waals surface area (Å²) in [4.78, 5) is 29.8. The summed E-state index contributed by atoms with van der Waals surface area (Å²) in [7, 11) is 0. The van der Waals surface area contributed by atoms with Crippen molar-refractivity contribution in [2.45, 2.75) is 24.8 Å². The molecular formula is C30H23Cl3N2O3. The van der Waals surface area contributed by atoms with Crippen LogP contribution >= 0.6 is 35.6 Å². The fourth-order valence-corrected chi connectivity index (χ4v) is 5.48. The zero-order valence-electron chi connectivity index (χ0n) is 20.1. The summed E-state index contributed by atoms with van der Waals surface area (Å²) in [6, 6.07) is 24.8. The molecule has 192 valence electrons. The van der Waals surface area contributed by atoms with Crippen molar-refractivity contribution in [3.05, 3.63) is 129 Å². The Kier molecular flexibility index (Phi) is 7.35. The van der Waals surface area contributed by atoms with Gasteiger partial charge in [-0.15, -0.1) is 12.4 Å². The first-order valence-electron chi connectivity index (χ1n) is 12.0. The van der Waals surface area contributed by atoms with Gasteiger partial charge in [-0.05, 0) is 72.6 Å². The Balaban J connectivity index is 0.00000294. The maximum absolute atomic E-state index is 14.2. The van der Waals surface area contributed by atoms with Gasteiger partial charge >= 0.3 is 0 Å². The van der Waals surface area contributed by atoms with E-state index in [0.29, 0.717) is 33.3 Å². The molecule has 38 heavy (non-hydrogen) atoms. The van der Waals surface area contributed by atoms with Gasteiger partial charge in [0.2, 0.25) is 0 Å². The van der Waals surface area contributed by atoms with E-state index in [2.05, 4.69) is 5.32 Å². The molecule has 1 aliphatic heterocycles. The van der Waals surface area contributed by atoms with Gasteiger partial charge in [0.1, 0.15) is 5.76 Å². The zero-order chi connectivity index (χ0) is 25.5. The average molecular weight is 566 g/mol. The van der Waals surface area contributed by atoms with Crippen LogP contribution in [0.3, 0.4) is 0 Å². The van der Waals surface area contributed by atoms with Crippen LogP contribution in [0.4, 0.5) is 11.4 Å². The summed E-state index contributed by atoms with van der Waals surface area (Å²) in [5, 5.41) is 4.64. The zero-order valence-corrected chi connectivity index (χ0v) is 22.4. The summed E-state index contributed by atoms with van der Waals surface area (Å²) >= 11 is 12.3. The molecule has 1 aliphatic carbocycles. The number of para-hydroxylation sites is 2. The highest BCUT2D eigenvalue weighted by atomic mass is 35.5. The smallest absolute Gasteiger partial charge is 0.259 e. The van der Waals surface area contributed by atoms with E-state index >= 15 is 0 Å². The van der Waals surface area contributed by atoms with Crippen LogP contribution in [0.15, 0.2) is 107 Å². The van der Waals surface area contributed by atoms with Gasteiger partial charge in [0.05, 0.1) is 23.7 Å². The molecule has 2 aliphatic rings. The van der Waals surface area contributed by atoms with Gasteiger partial charge in [-0.1, -0.05) is 47.5 Å². The topological polar surface area (TPSA) is 62.6 Å². The van der Waals surface area contributed by atoms with E-state index in [1.807, 2.05) is 48.5 Å². The standard InChI is InChI=1S/C30H22Cl2N2O3.ClH/c31-21-11-7-18(8-12-21)29-28-24(16-20(17-26(28)35)27-6-3-15-37-27)33-23-4-1-2-5-25(23)34(29)30(36)19-9-13-22(32)14-10-19;/h1-15,20,29,33H,16-17H2;1H. The molecule has 2 heterocycles. The van der Waals surface area contributed by atoms with Crippen LogP contribution in [-0.2, 0) is 4.79 Å². The number of allylic oxidation sites excluding steroid dienone is 1. The average Bonchev–Trinajstić information content (AvgIpc) is 3.40. The maximum Gasteiger partial charge on any atom is 0.259 e. The predicted molar refractivity (Wildman–Crippen MR) is 152 cm³/mol. The van der Waals surface area contributed by atoms with Gasteiger partial charge in [-0.3, -0.25) is 14.5 Å². The second kappa shape index (κ2) is 10.7. The number of carbonyl (C=O) groups excluding carboxylic acids is 2. The number of fused-ring (bicyclic) bond motifs is 1. The fourth-order valence-electron chi connectivity index (χ4n) is 5.23. The van der Waals surface area contributed by atoms with Crippen LogP contribution in [0.25, 0.3) is 0 Å². The quantitative estimate of drug-likeness (QED) is 0.272. The first-order chi connectivity index (χ1) is 18.0. The Bertz CT molecular complexity index is 1510. The Morgan fingerprint density at radius 1 is 0.868 bits per heavy atom. The molecule has 0 radical (unpaired) electrons. The van der Waals surface area contributed by atoms with Crippen molar-refractivity contribution in [2.24, 2.45) is 0 Å². The predicted octanol–water partition coefficient (Wildman–Crippen LogP) is 8.22. The molecule has 1 aromatic heterocycles. The molecular weight excluding hydrogens is 543 g/mol. The normalized spacial score (nSPS) is 18.6. The van der Waals surface area contributed by atoms with Crippen molar-refractivity contribution < 1.29 is 14.0 Å². The molecule has 1 amide bonds. The largest absolute Gasteiger partial charge is 0.469 e. The van der Waals surface area contributed by atoms with Gasteiger partial charge < -0.3 is 9.73 Å². The molecule has 4 aromatic rings. The molecule has 8 heteroatoms. The van der Waals surface area contributed by atoms with E-state index in [4.69, 9.17) is 27.6 Å². The van der Waals surface area contributed by atoms with Crippen molar-refractivity contribution in [3.8, 4) is 0 Å². The SMILES string of the molecule is Cl.O=C1CC(c2ccco2)CC2=C1C(c1ccc(Cl)cc1)N(C(=O)c1ccc(Cl)cc1)c1ccccc1N2. The molecule has 1 N–H and O–H groups in total. The maximum atomic E-state index is 14.2. The van der Waals surface area contributed by atoms with Crippen molar-refractivity contribution >= 4 is 58.7 Å². The molecule has 2 unspecified atom stereocenters. The first-order valence-corrected chi connectivity index (χ1v) is 12.8. The Morgan fingerprint density at radius 2 is 1.55 bits per heavy atom. The first kappa shape index (κ1) is 26.1. The number of nitrogens with one attached hydrogen (secondary N) is 1. The molecule has 0 saturated carbocycles. The highest BCUT2D eigenvalue weighted by Gasteiger charge is 2.42. The molecule has 6 rings (SSSR count). The lowest BCUT2D eigenvalue weighted by Crippen LogP contribution is -2.38. The number of benzene rings is 3. The van der Waals surface area contributed by atoms with E-state index < -0.39 is 6.04 Å². The molecule has 0 spiro atoms. The number of rotatable bonds is 3. The summed E-state index contributed by atoms with van der Waals surface area (Å²) < 4.78 is 5.66. The highest BCUT2D eigenvalue weighted by molar-refractivity contribution is 6.31. The number of carbonyl (C=O) groups is 2. The third kappa shape index (κ3) is 4.73. The summed E-state index contributed by atoms with van der Waals surface area (Å²) in [5.74, 6) is 0.416. The molecule has 0 fully saturated rings. The molecule has 5 nitrogen and oxygen atoms in total. The van der Waals surface area contributed by atoms with Crippen LogP contribution < -0.4 is 10.2 Å². The number of amides is 1. The van der Waals surface area contributed by atoms with Crippen molar-refractivity contribution in [1.29, 1.82) is 0 Å². The second-order valence-electron chi connectivity index (χ2n) is 9.21. The Hall–Kier alpha value is -3.51. The third-order valence-electron chi connectivity index (χ3n) is 6.93. The number of ketones is 1. The minimum Gasteiger partial charge on any atom is -0.469 e. The minimum absolute atomic E-state index is 0. The van der Waals surface area contributed by atoms with Crippen LogP contribution in [0, 0.1) is 0 Å². The van der Waals surface area contributed by atoms with E-state index in [-0.39, 0.29) is 36.4 Å². The number of hydrogen-bond donors (Lipinski definition) is 1. The molecule has 0 saturated heterocycles. The van der Waals surface area contributed by atoms with Crippen molar-refractivity contribution in [3.63, 3.8) is 0 Å². The van der Waals surface area contributed by atoms with E-state index in [1.54, 1.807) is 47.6 Å². The van der Waals surface area contributed by atoms with E-state index in [1.165, 1.54) is 0 Å². The number of hydrogen-bond acceptors (Lipinski definition) is 4. The Morgan fingerprint density at radius 3 is 2.24 bits per heavy atom. The molecule has 3 aromatic carbocycles. The Labute approximate surface area is 236 Å². The minimum atomic E-state index is -0.656. The van der Waals surface area contributed by atoms with Crippen LogP contribution in [0.1, 0.15) is 46.5 Å². The van der Waals surface area contributed by atoms with E-state index in [9.17, 15) is 9.59 Å². The number of halogens is 3. The van der Waals surface area contributed by atoms with Crippen molar-refractivity contribution in [2.75, 3.05) is 10.2 Å². The van der Waals surface area contributed by atoms with Crippen LogP contribution in [-0.4, -0.2) is 11.7 Å². The number of anilines is 2. The monoisotopic (exact) mass is 564 g/mol. The third-order valence-corrected chi connectivity index (χ3v) is 7.43. The van der Waals surface area contributed by atoms with E-state index in [0.717, 1.165) is 22.7 Å². The summed E-state index contributed by atoms with van der Waals surface area (Å²) in [5.41, 5.74) is 4.06.